The third-order valence-corrected chi connectivity index (χ3v) is 1.54. The van der Waals surface area contributed by atoms with E-state index in [4.69, 9.17) is 0 Å². The summed E-state index contributed by atoms with van der Waals surface area (Å²) in [7, 11) is 0. The van der Waals surface area contributed by atoms with Gasteiger partial charge in [-0.3, -0.25) is 5.10 Å². The summed E-state index contributed by atoms with van der Waals surface area (Å²) >= 11 is 0. The van der Waals surface area contributed by atoms with E-state index in [0.29, 0.717) is 0 Å². The predicted molar refractivity (Wildman–Crippen MR) is 44.5 cm³/mol. The van der Waals surface area contributed by atoms with Crippen LogP contribution in [-0.4, -0.2) is 20.2 Å². The molecule has 2 rings (SSSR count). The van der Waals surface area contributed by atoms with Crippen LogP contribution in [0.15, 0.2) is 24.9 Å². The standard InChI is InChI=1S/C7H9N5/c1(6-2-11-12-3-6)9-7-4-8-5-10-7/h2-5,9H,1H2,(H,8,10)(H,11,12). The van der Waals surface area contributed by atoms with Crippen LogP contribution >= 0.6 is 0 Å². The van der Waals surface area contributed by atoms with Gasteiger partial charge in [0.05, 0.1) is 18.7 Å². The van der Waals surface area contributed by atoms with Crippen LogP contribution in [0.3, 0.4) is 0 Å². The van der Waals surface area contributed by atoms with Gasteiger partial charge in [0, 0.05) is 18.3 Å². The average Bonchev–Trinajstić information content (AvgIpc) is 2.74. The SMILES string of the molecule is c1ncc(NCc2cn[nH]c2)[nH]1. The van der Waals surface area contributed by atoms with Gasteiger partial charge in [0.1, 0.15) is 5.82 Å². The zero-order valence-electron chi connectivity index (χ0n) is 6.41. The zero-order valence-corrected chi connectivity index (χ0v) is 6.41. The van der Waals surface area contributed by atoms with Crippen LogP contribution in [0.4, 0.5) is 5.82 Å². The molecule has 62 valence electrons. The molecule has 0 saturated carbocycles. The Balaban J connectivity index is 1.91. The fourth-order valence-electron chi connectivity index (χ4n) is 0.924. The van der Waals surface area contributed by atoms with Gasteiger partial charge in [-0.2, -0.15) is 5.10 Å². The summed E-state index contributed by atoms with van der Waals surface area (Å²) in [5, 5.41) is 9.72. The minimum atomic E-state index is 0.749. The second-order valence-corrected chi connectivity index (χ2v) is 2.43. The van der Waals surface area contributed by atoms with Crippen molar-refractivity contribution in [2.24, 2.45) is 0 Å². The topological polar surface area (TPSA) is 69.4 Å². The average molecular weight is 163 g/mol. The van der Waals surface area contributed by atoms with Crippen molar-refractivity contribution in [3.63, 3.8) is 0 Å². The van der Waals surface area contributed by atoms with E-state index in [0.717, 1.165) is 17.9 Å². The van der Waals surface area contributed by atoms with E-state index in [1.165, 1.54) is 0 Å². The highest BCUT2D eigenvalue weighted by Crippen LogP contribution is 2.01. The fourth-order valence-corrected chi connectivity index (χ4v) is 0.924. The zero-order chi connectivity index (χ0) is 8.23. The van der Waals surface area contributed by atoms with Gasteiger partial charge in [0.2, 0.25) is 0 Å². The van der Waals surface area contributed by atoms with Gasteiger partial charge in [-0.1, -0.05) is 0 Å². The van der Waals surface area contributed by atoms with Crippen molar-refractivity contribution in [1.82, 2.24) is 20.2 Å². The second kappa shape index (κ2) is 3.08. The molecule has 0 radical (unpaired) electrons. The van der Waals surface area contributed by atoms with Crippen LogP contribution in [0.2, 0.25) is 0 Å². The van der Waals surface area contributed by atoms with Crippen LogP contribution in [0, 0.1) is 0 Å². The van der Waals surface area contributed by atoms with Gasteiger partial charge in [-0.15, -0.1) is 0 Å². The highest BCUT2D eigenvalue weighted by atomic mass is 15.1. The first-order chi connectivity index (χ1) is 5.95. The van der Waals surface area contributed by atoms with Crippen LogP contribution < -0.4 is 5.32 Å². The number of hydrogen-bond acceptors (Lipinski definition) is 3. The maximum Gasteiger partial charge on any atom is 0.123 e. The van der Waals surface area contributed by atoms with Crippen LogP contribution in [0.1, 0.15) is 5.56 Å². The van der Waals surface area contributed by atoms with Crippen LogP contribution in [0.5, 0.6) is 0 Å². The molecule has 0 amide bonds. The second-order valence-electron chi connectivity index (χ2n) is 2.43. The van der Waals surface area contributed by atoms with Crippen molar-refractivity contribution < 1.29 is 0 Å². The molecule has 0 atom stereocenters. The minimum absolute atomic E-state index is 0.749. The lowest BCUT2D eigenvalue weighted by atomic mass is 10.4. The quantitative estimate of drug-likeness (QED) is 0.625. The van der Waals surface area contributed by atoms with Crippen molar-refractivity contribution in [3.8, 4) is 0 Å². The summed E-state index contributed by atoms with van der Waals surface area (Å²) in [6.45, 7) is 0.749. The highest BCUT2D eigenvalue weighted by molar-refractivity contribution is 5.31. The summed E-state index contributed by atoms with van der Waals surface area (Å²) in [5.74, 6) is 0.913. The van der Waals surface area contributed by atoms with E-state index in [1.807, 2.05) is 6.20 Å². The normalized spacial score (nSPS) is 10.0. The number of aromatic amines is 2. The summed E-state index contributed by atoms with van der Waals surface area (Å²) in [4.78, 5) is 6.83. The molecule has 0 unspecified atom stereocenters. The first kappa shape index (κ1) is 6.90. The molecule has 0 aliphatic rings. The first-order valence-electron chi connectivity index (χ1n) is 3.65. The Morgan fingerprint density at radius 1 is 1.42 bits per heavy atom. The molecule has 2 heterocycles. The third-order valence-electron chi connectivity index (χ3n) is 1.54. The highest BCUT2D eigenvalue weighted by Gasteiger charge is 1.94. The Morgan fingerprint density at radius 2 is 2.42 bits per heavy atom. The molecular weight excluding hydrogens is 154 g/mol. The van der Waals surface area contributed by atoms with E-state index >= 15 is 0 Å². The smallest absolute Gasteiger partial charge is 0.123 e. The molecule has 5 heteroatoms. The van der Waals surface area contributed by atoms with Crippen molar-refractivity contribution in [2.75, 3.05) is 5.32 Å². The van der Waals surface area contributed by atoms with E-state index in [1.54, 1.807) is 18.7 Å². The van der Waals surface area contributed by atoms with Gasteiger partial charge in [0.25, 0.3) is 0 Å². The molecule has 0 fully saturated rings. The first-order valence-corrected chi connectivity index (χ1v) is 3.65. The van der Waals surface area contributed by atoms with Gasteiger partial charge in [-0.25, -0.2) is 4.98 Å². The Morgan fingerprint density at radius 3 is 3.08 bits per heavy atom. The molecule has 5 nitrogen and oxygen atoms in total. The molecule has 0 aliphatic heterocycles. The van der Waals surface area contributed by atoms with Crippen molar-refractivity contribution in [3.05, 3.63) is 30.5 Å². The summed E-state index contributed by atoms with van der Waals surface area (Å²) in [6, 6.07) is 0. The van der Waals surface area contributed by atoms with Gasteiger partial charge < -0.3 is 10.3 Å². The van der Waals surface area contributed by atoms with Gasteiger partial charge in [-0.05, 0) is 0 Å². The number of rotatable bonds is 3. The number of imidazole rings is 1. The Labute approximate surface area is 69.2 Å². The monoisotopic (exact) mass is 163 g/mol. The van der Waals surface area contributed by atoms with E-state index in [-0.39, 0.29) is 0 Å². The number of hydrogen-bond donors (Lipinski definition) is 3. The molecule has 3 N–H and O–H groups in total. The lowest BCUT2D eigenvalue weighted by Gasteiger charge is -1.98. The molecule has 0 aliphatic carbocycles. The minimum Gasteiger partial charge on any atom is -0.366 e. The van der Waals surface area contributed by atoms with Gasteiger partial charge in [0.15, 0.2) is 0 Å². The number of nitrogens with zero attached hydrogens (tertiary/aromatic N) is 2. The lowest BCUT2D eigenvalue weighted by Crippen LogP contribution is -1.97. The maximum atomic E-state index is 3.88. The van der Waals surface area contributed by atoms with E-state index < -0.39 is 0 Å². The molecule has 2 aromatic rings. The van der Waals surface area contributed by atoms with Crippen molar-refractivity contribution in [1.29, 1.82) is 0 Å². The number of nitrogens with one attached hydrogen (secondary N) is 3. The maximum absolute atomic E-state index is 3.88. The third kappa shape index (κ3) is 1.45. The Hall–Kier alpha value is -1.78. The number of H-pyrrole nitrogens is 2. The fraction of sp³-hybridized carbons (Fsp3) is 0.143. The van der Waals surface area contributed by atoms with E-state index in [9.17, 15) is 0 Å². The largest absolute Gasteiger partial charge is 0.366 e. The summed E-state index contributed by atoms with van der Waals surface area (Å²) in [5.41, 5.74) is 1.12. The Kier molecular flexibility index (Phi) is 1.77. The van der Waals surface area contributed by atoms with Crippen molar-refractivity contribution in [2.45, 2.75) is 6.54 Å². The molecule has 12 heavy (non-hydrogen) atoms. The molecule has 2 aromatic heterocycles. The number of anilines is 1. The molecule has 0 saturated heterocycles. The van der Waals surface area contributed by atoms with Crippen molar-refractivity contribution >= 4 is 5.82 Å². The Bertz CT molecular complexity index is 275. The molecule has 0 bridgehead atoms. The number of aromatic nitrogens is 4. The summed E-state index contributed by atoms with van der Waals surface area (Å²) < 4.78 is 0. The van der Waals surface area contributed by atoms with Crippen LogP contribution in [-0.2, 0) is 6.54 Å². The van der Waals surface area contributed by atoms with Gasteiger partial charge >= 0.3 is 0 Å². The summed E-state index contributed by atoms with van der Waals surface area (Å²) in [6.07, 6.45) is 7.00. The van der Waals surface area contributed by atoms with Crippen LogP contribution in [0.25, 0.3) is 0 Å². The predicted octanol–water partition coefficient (Wildman–Crippen LogP) is 0.745. The molecule has 0 spiro atoms. The lowest BCUT2D eigenvalue weighted by molar-refractivity contribution is 1.09. The van der Waals surface area contributed by atoms with E-state index in [2.05, 4.69) is 25.5 Å². The molecular formula is C7H9N5. The molecule has 0 aromatic carbocycles.